The first-order valence-electron chi connectivity index (χ1n) is 7.13. The van der Waals surface area contributed by atoms with Crippen molar-refractivity contribution in [1.29, 1.82) is 0 Å². The van der Waals surface area contributed by atoms with Crippen LogP contribution in [0.5, 0.6) is 0 Å². The number of fused-ring (bicyclic) bond motifs is 1. The van der Waals surface area contributed by atoms with Gasteiger partial charge in [0.2, 0.25) is 0 Å². The molecule has 0 aliphatic carbocycles. The highest BCUT2D eigenvalue weighted by Gasteiger charge is 2.30. The van der Waals surface area contributed by atoms with Crippen molar-refractivity contribution >= 4 is 22.1 Å². The summed E-state index contributed by atoms with van der Waals surface area (Å²) < 4.78 is 0. The van der Waals surface area contributed by atoms with Crippen molar-refractivity contribution in [2.24, 2.45) is 0 Å². The molecule has 1 aromatic carbocycles. The largest absolute Gasteiger partial charge is 0.397 e. The molecule has 0 saturated carbocycles. The fourth-order valence-corrected chi connectivity index (χ4v) is 3.31. The number of rotatable bonds is 2. The Morgan fingerprint density at radius 2 is 2.16 bits per heavy atom. The monoisotopic (exact) mass is 255 g/mol. The maximum Gasteiger partial charge on any atom is 0.0632 e. The first-order chi connectivity index (χ1) is 9.22. The van der Waals surface area contributed by atoms with Crippen LogP contribution in [-0.2, 0) is 0 Å². The number of anilines is 2. The minimum atomic E-state index is 0.575. The van der Waals surface area contributed by atoms with E-state index < -0.39 is 0 Å². The highest BCUT2D eigenvalue weighted by Crippen LogP contribution is 2.38. The van der Waals surface area contributed by atoms with E-state index in [-0.39, 0.29) is 0 Å². The van der Waals surface area contributed by atoms with Gasteiger partial charge < -0.3 is 10.6 Å². The maximum atomic E-state index is 6.41. The summed E-state index contributed by atoms with van der Waals surface area (Å²) in [5, 5.41) is 2.23. The fourth-order valence-electron chi connectivity index (χ4n) is 3.31. The van der Waals surface area contributed by atoms with E-state index in [1.807, 2.05) is 18.5 Å². The molecule has 1 saturated heterocycles. The topological polar surface area (TPSA) is 42.2 Å². The van der Waals surface area contributed by atoms with Crippen molar-refractivity contribution in [3.8, 4) is 0 Å². The van der Waals surface area contributed by atoms with Gasteiger partial charge in [-0.2, -0.15) is 0 Å². The summed E-state index contributed by atoms with van der Waals surface area (Å²) >= 11 is 0. The van der Waals surface area contributed by atoms with Crippen LogP contribution >= 0.6 is 0 Å². The molecular weight excluding hydrogens is 234 g/mol. The zero-order chi connectivity index (χ0) is 13.4. The van der Waals surface area contributed by atoms with Gasteiger partial charge in [0.1, 0.15) is 0 Å². The number of nitrogens with two attached hydrogens (primary N) is 1. The molecule has 1 fully saturated rings. The molecule has 19 heavy (non-hydrogen) atoms. The summed E-state index contributed by atoms with van der Waals surface area (Å²) in [5.74, 6) is 0. The van der Waals surface area contributed by atoms with E-state index in [1.165, 1.54) is 24.9 Å². The Labute approximate surface area is 114 Å². The number of hydrogen-bond acceptors (Lipinski definition) is 3. The first-order valence-corrected chi connectivity index (χ1v) is 7.13. The molecule has 2 atom stereocenters. The summed E-state index contributed by atoms with van der Waals surface area (Å²) in [6.45, 7) is 4.56. The van der Waals surface area contributed by atoms with Gasteiger partial charge >= 0.3 is 0 Å². The van der Waals surface area contributed by atoms with Crippen LogP contribution in [0.1, 0.15) is 33.1 Å². The predicted octanol–water partition coefficient (Wildman–Crippen LogP) is 3.58. The van der Waals surface area contributed by atoms with Gasteiger partial charge in [0.05, 0.1) is 11.4 Å². The summed E-state index contributed by atoms with van der Waals surface area (Å²) in [4.78, 5) is 6.67. The van der Waals surface area contributed by atoms with Crippen LogP contribution in [0, 0.1) is 0 Å². The lowest BCUT2D eigenvalue weighted by Gasteiger charge is -2.31. The zero-order valence-corrected chi connectivity index (χ0v) is 11.6. The Morgan fingerprint density at radius 1 is 1.32 bits per heavy atom. The Morgan fingerprint density at radius 3 is 2.95 bits per heavy atom. The van der Waals surface area contributed by atoms with Gasteiger partial charge in [-0.05, 0) is 38.3 Å². The fraction of sp³-hybridized carbons (Fsp3) is 0.438. The standard InChI is InChI=1S/C16H21N3/c1-3-13-6-4-11(2)19(13)15-7-5-12-10-18-9-8-14(12)16(15)17/h5,7-11,13H,3-4,6,17H2,1-2H3. The average Bonchev–Trinajstić information content (AvgIpc) is 2.81. The molecule has 3 heteroatoms. The molecule has 0 spiro atoms. The van der Waals surface area contributed by atoms with Gasteiger partial charge in [0.15, 0.2) is 0 Å². The van der Waals surface area contributed by atoms with Crippen LogP contribution in [-0.4, -0.2) is 17.1 Å². The third kappa shape index (κ3) is 1.93. The van der Waals surface area contributed by atoms with Gasteiger partial charge in [0, 0.05) is 35.2 Å². The second-order valence-corrected chi connectivity index (χ2v) is 5.49. The van der Waals surface area contributed by atoms with Crippen molar-refractivity contribution in [2.75, 3.05) is 10.6 Å². The summed E-state index contributed by atoms with van der Waals surface area (Å²) in [7, 11) is 0. The quantitative estimate of drug-likeness (QED) is 0.834. The molecule has 2 heterocycles. The van der Waals surface area contributed by atoms with Gasteiger partial charge in [-0.25, -0.2) is 0 Å². The van der Waals surface area contributed by atoms with Crippen molar-refractivity contribution in [1.82, 2.24) is 4.98 Å². The zero-order valence-electron chi connectivity index (χ0n) is 11.6. The number of hydrogen-bond donors (Lipinski definition) is 1. The number of benzene rings is 1. The Kier molecular flexibility index (Phi) is 3.05. The minimum absolute atomic E-state index is 0.575. The average molecular weight is 255 g/mol. The van der Waals surface area contributed by atoms with Crippen LogP contribution in [0.15, 0.2) is 30.6 Å². The van der Waals surface area contributed by atoms with Crippen molar-refractivity contribution < 1.29 is 0 Å². The van der Waals surface area contributed by atoms with Crippen molar-refractivity contribution in [3.05, 3.63) is 30.6 Å². The summed E-state index contributed by atoms with van der Waals surface area (Å²) in [5.41, 5.74) is 8.49. The number of pyridine rings is 1. The van der Waals surface area contributed by atoms with Crippen LogP contribution in [0.2, 0.25) is 0 Å². The number of nitrogen functional groups attached to an aromatic ring is 1. The van der Waals surface area contributed by atoms with Gasteiger partial charge in [-0.15, -0.1) is 0 Å². The SMILES string of the molecule is CCC1CCC(C)N1c1ccc2cnccc2c1N. The molecule has 3 rings (SSSR count). The molecule has 2 aromatic rings. The minimum Gasteiger partial charge on any atom is -0.397 e. The van der Waals surface area contributed by atoms with Crippen LogP contribution in [0.4, 0.5) is 11.4 Å². The maximum absolute atomic E-state index is 6.41. The second-order valence-electron chi connectivity index (χ2n) is 5.49. The first kappa shape index (κ1) is 12.3. The molecular formula is C16H21N3. The number of aromatic nitrogens is 1. The molecule has 0 amide bonds. The smallest absolute Gasteiger partial charge is 0.0632 e. The van der Waals surface area contributed by atoms with E-state index in [0.717, 1.165) is 16.5 Å². The molecule has 0 bridgehead atoms. The summed E-state index contributed by atoms with van der Waals surface area (Å²) in [6.07, 6.45) is 7.39. The molecule has 1 aliphatic heterocycles. The van der Waals surface area contributed by atoms with E-state index in [9.17, 15) is 0 Å². The van der Waals surface area contributed by atoms with Crippen molar-refractivity contribution in [3.63, 3.8) is 0 Å². The van der Waals surface area contributed by atoms with Gasteiger partial charge in [-0.3, -0.25) is 4.98 Å². The Hall–Kier alpha value is -1.77. The van der Waals surface area contributed by atoms with E-state index in [4.69, 9.17) is 5.73 Å². The van der Waals surface area contributed by atoms with Crippen LogP contribution in [0.3, 0.4) is 0 Å². The lowest BCUT2D eigenvalue weighted by molar-refractivity contribution is 0.629. The molecule has 3 nitrogen and oxygen atoms in total. The van der Waals surface area contributed by atoms with Crippen molar-refractivity contribution in [2.45, 2.75) is 45.2 Å². The van der Waals surface area contributed by atoms with E-state index in [0.29, 0.717) is 12.1 Å². The van der Waals surface area contributed by atoms with Gasteiger partial charge in [0.25, 0.3) is 0 Å². The molecule has 2 N–H and O–H groups in total. The van der Waals surface area contributed by atoms with E-state index in [2.05, 4.69) is 35.9 Å². The van der Waals surface area contributed by atoms with Crippen LogP contribution in [0.25, 0.3) is 10.8 Å². The normalized spacial score (nSPS) is 23.2. The third-order valence-electron chi connectivity index (χ3n) is 4.37. The Bertz CT molecular complexity index is 594. The highest BCUT2D eigenvalue weighted by molar-refractivity contribution is 5.98. The van der Waals surface area contributed by atoms with Crippen LogP contribution < -0.4 is 10.6 Å². The molecule has 1 aromatic heterocycles. The predicted molar refractivity (Wildman–Crippen MR) is 81.4 cm³/mol. The Balaban J connectivity index is 2.12. The molecule has 100 valence electrons. The number of nitrogens with zero attached hydrogens (tertiary/aromatic N) is 2. The highest BCUT2D eigenvalue weighted by atomic mass is 15.2. The lowest BCUT2D eigenvalue weighted by Crippen LogP contribution is -2.34. The van der Waals surface area contributed by atoms with Gasteiger partial charge in [-0.1, -0.05) is 13.0 Å². The lowest BCUT2D eigenvalue weighted by atomic mass is 10.1. The summed E-state index contributed by atoms with van der Waals surface area (Å²) in [6, 6.07) is 7.49. The molecule has 2 unspecified atom stereocenters. The second kappa shape index (κ2) is 4.72. The molecule has 0 radical (unpaired) electrons. The molecule has 1 aliphatic rings. The third-order valence-corrected chi connectivity index (χ3v) is 4.37. The van der Waals surface area contributed by atoms with E-state index >= 15 is 0 Å². The van der Waals surface area contributed by atoms with E-state index in [1.54, 1.807) is 0 Å².